The van der Waals surface area contributed by atoms with Crippen LogP contribution in [0.1, 0.15) is 24.5 Å². The second-order valence-corrected chi connectivity index (χ2v) is 4.75. The van der Waals surface area contributed by atoms with E-state index in [2.05, 4.69) is 37.1 Å². The number of anilines is 1. The number of hydrogen-bond acceptors (Lipinski definition) is 2. The van der Waals surface area contributed by atoms with Crippen molar-refractivity contribution in [3.8, 4) is 0 Å². The number of carbonyl (C=O) groups excluding carboxylic acids is 1. The first-order chi connectivity index (χ1) is 8.11. The lowest BCUT2D eigenvalue weighted by molar-refractivity contribution is -0.118. The molecule has 0 aliphatic carbocycles. The maximum absolute atomic E-state index is 11.6. The summed E-state index contributed by atoms with van der Waals surface area (Å²) in [6.07, 6.45) is 1.51. The fourth-order valence-corrected chi connectivity index (χ4v) is 2.23. The molecule has 0 aromatic heterocycles. The van der Waals surface area contributed by atoms with E-state index in [9.17, 15) is 4.79 Å². The summed E-state index contributed by atoms with van der Waals surface area (Å²) in [6.45, 7) is 4.18. The Morgan fingerprint density at radius 3 is 2.82 bits per heavy atom. The molecule has 3 nitrogen and oxygen atoms in total. The van der Waals surface area contributed by atoms with Crippen molar-refractivity contribution in [2.45, 2.75) is 26.3 Å². The van der Waals surface area contributed by atoms with E-state index in [1.807, 2.05) is 7.05 Å². The molecule has 1 aromatic rings. The summed E-state index contributed by atoms with van der Waals surface area (Å²) in [5.41, 5.74) is 3.70. The summed E-state index contributed by atoms with van der Waals surface area (Å²) in [5, 5.41) is 0. The Morgan fingerprint density at radius 2 is 2.12 bits per heavy atom. The second-order valence-electron chi connectivity index (χ2n) is 4.75. The highest BCUT2D eigenvalue weighted by Gasteiger charge is 2.20. The van der Waals surface area contributed by atoms with Crippen molar-refractivity contribution in [2.24, 2.45) is 0 Å². The van der Waals surface area contributed by atoms with Gasteiger partial charge in [-0.2, -0.15) is 0 Å². The number of fused-ring (bicyclic) bond motifs is 1. The van der Waals surface area contributed by atoms with Gasteiger partial charge in [0.15, 0.2) is 0 Å². The van der Waals surface area contributed by atoms with Gasteiger partial charge in [0.05, 0.1) is 0 Å². The van der Waals surface area contributed by atoms with Crippen molar-refractivity contribution in [3.63, 3.8) is 0 Å². The zero-order valence-electron chi connectivity index (χ0n) is 10.9. The summed E-state index contributed by atoms with van der Waals surface area (Å²) in [5.74, 6) is 0.218. The smallest absolute Gasteiger partial charge is 0.227 e. The molecule has 0 atom stereocenters. The van der Waals surface area contributed by atoms with Crippen LogP contribution in [-0.2, 0) is 17.8 Å². The Labute approximate surface area is 103 Å². The molecule has 0 unspecified atom stereocenters. The zero-order valence-corrected chi connectivity index (χ0v) is 10.9. The number of aryl methyl sites for hydroxylation is 1. The number of hydrogen-bond donors (Lipinski definition) is 0. The molecule has 3 heteroatoms. The van der Waals surface area contributed by atoms with Crippen LogP contribution in [0.2, 0.25) is 0 Å². The first-order valence-electron chi connectivity index (χ1n) is 6.18. The molecule has 1 heterocycles. The molecule has 1 amide bonds. The van der Waals surface area contributed by atoms with Crippen molar-refractivity contribution in [1.82, 2.24) is 4.90 Å². The highest BCUT2D eigenvalue weighted by molar-refractivity contribution is 5.95. The standard InChI is InChI=1S/C14H20N2O/c1-4-15(2)10-11-5-7-13-12(9-11)6-8-14(17)16(13)3/h5,7,9H,4,6,8,10H2,1-3H3. The van der Waals surface area contributed by atoms with E-state index in [1.165, 1.54) is 11.1 Å². The SMILES string of the molecule is CCN(C)Cc1ccc2c(c1)CCC(=O)N2C. The molecule has 0 fully saturated rings. The van der Waals surface area contributed by atoms with E-state index in [0.29, 0.717) is 6.42 Å². The maximum atomic E-state index is 11.6. The Morgan fingerprint density at radius 1 is 1.35 bits per heavy atom. The topological polar surface area (TPSA) is 23.6 Å². The van der Waals surface area contributed by atoms with E-state index >= 15 is 0 Å². The van der Waals surface area contributed by atoms with Crippen LogP contribution in [0.5, 0.6) is 0 Å². The highest BCUT2D eigenvalue weighted by atomic mass is 16.2. The molecule has 1 aromatic carbocycles. The minimum Gasteiger partial charge on any atom is -0.315 e. The van der Waals surface area contributed by atoms with Gasteiger partial charge < -0.3 is 9.80 Å². The lowest BCUT2D eigenvalue weighted by Gasteiger charge is -2.26. The Balaban J connectivity index is 2.23. The summed E-state index contributed by atoms with van der Waals surface area (Å²) >= 11 is 0. The normalized spacial score (nSPS) is 15.3. The van der Waals surface area contributed by atoms with Gasteiger partial charge in [0.2, 0.25) is 5.91 Å². The van der Waals surface area contributed by atoms with E-state index in [0.717, 1.165) is 25.2 Å². The Kier molecular flexibility index (Phi) is 3.48. The van der Waals surface area contributed by atoms with Crippen LogP contribution >= 0.6 is 0 Å². The minimum atomic E-state index is 0.218. The fourth-order valence-electron chi connectivity index (χ4n) is 2.23. The van der Waals surface area contributed by atoms with Crippen molar-refractivity contribution in [3.05, 3.63) is 29.3 Å². The summed E-state index contributed by atoms with van der Waals surface area (Å²) in [7, 11) is 3.98. The number of amides is 1. The predicted octanol–water partition coefficient (Wildman–Crippen LogP) is 2.05. The van der Waals surface area contributed by atoms with Gasteiger partial charge in [-0.25, -0.2) is 0 Å². The van der Waals surface area contributed by atoms with Crippen molar-refractivity contribution in [1.29, 1.82) is 0 Å². The van der Waals surface area contributed by atoms with Gasteiger partial charge in [0.25, 0.3) is 0 Å². The molecule has 1 aliphatic rings. The average molecular weight is 232 g/mol. The van der Waals surface area contributed by atoms with E-state index < -0.39 is 0 Å². The summed E-state index contributed by atoms with van der Waals surface area (Å²) in [6, 6.07) is 6.44. The first-order valence-corrected chi connectivity index (χ1v) is 6.18. The molecule has 1 aliphatic heterocycles. The largest absolute Gasteiger partial charge is 0.315 e. The quantitative estimate of drug-likeness (QED) is 0.796. The van der Waals surface area contributed by atoms with Crippen LogP contribution in [0.3, 0.4) is 0 Å². The van der Waals surface area contributed by atoms with Crippen LogP contribution in [0.4, 0.5) is 5.69 Å². The van der Waals surface area contributed by atoms with E-state index in [-0.39, 0.29) is 5.91 Å². The lowest BCUT2D eigenvalue weighted by atomic mass is 9.99. The van der Waals surface area contributed by atoms with Gasteiger partial charge in [-0.3, -0.25) is 4.79 Å². The molecule has 17 heavy (non-hydrogen) atoms. The van der Waals surface area contributed by atoms with Gasteiger partial charge in [-0.15, -0.1) is 0 Å². The third-order valence-corrected chi connectivity index (χ3v) is 3.48. The Bertz CT molecular complexity index is 428. The average Bonchev–Trinajstić information content (AvgIpc) is 2.34. The maximum Gasteiger partial charge on any atom is 0.227 e. The molecule has 2 rings (SSSR count). The number of rotatable bonds is 3. The highest BCUT2D eigenvalue weighted by Crippen LogP contribution is 2.27. The molecule has 0 N–H and O–H groups in total. The first kappa shape index (κ1) is 12.1. The minimum absolute atomic E-state index is 0.218. The van der Waals surface area contributed by atoms with E-state index in [1.54, 1.807) is 4.90 Å². The van der Waals surface area contributed by atoms with Gasteiger partial charge in [0, 0.05) is 25.7 Å². The molecule has 92 valence electrons. The lowest BCUT2D eigenvalue weighted by Crippen LogP contribution is -2.31. The molecule has 0 spiro atoms. The number of carbonyl (C=O) groups is 1. The summed E-state index contributed by atoms with van der Waals surface area (Å²) < 4.78 is 0. The monoisotopic (exact) mass is 232 g/mol. The van der Waals surface area contributed by atoms with Crippen LogP contribution in [0, 0.1) is 0 Å². The molecule has 0 saturated heterocycles. The third kappa shape index (κ3) is 2.50. The van der Waals surface area contributed by atoms with Crippen LogP contribution < -0.4 is 4.90 Å². The van der Waals surface area contributed by atoms with Crippen LogP contribution in [0.15, 0.2) is 18.2 Å². The van der Waals surface area contributed by atoms with Gasteiger partial charge >= 0.3 is 0 Å². The van der Waals surface area contributed by atoms with Crippen LogP contribution in [0.25, 0.3) is 0 Å². The number of benzene rings is 1. The van der Waals surface area contributed by atoms with Crippen molar-refractivity contribution in [2.75, 3.05) is 25.5 Å². The van der Waals surface area contributed by atoms with E-state index in [4.69, 9.17) is 0 Å². The molecular formula is C14H20N2O. The third-order valence-electron chi connectivity index (χ3n) is 3.48. The second kappa shape index (κ2) is 4.88. The fraction of sp³-hybridized carbons (Fsp3) is 0.500. The van der Waals surface area contributed by atoms with Crippen molar-refractivity contribution >= 4 is 11.6 Å². The Hall–Kier alpha value is -1.35. The molecule has 0 saturated carbocycles. The molecule has 0 bridgehead atoms. The van der Waals surface area contributed by atoms with Gasteiger partial charge in [-0.05, 0) is 37.2 Å². The molecular weight excluding hydrogens is 212 g/mol. The number of nitrogens with zero attached hydrogens (tertiary/aromatic N) is 2. The van der Waals surface area contributed by atoms with Crippen LogP contribution in [-0.4, -0.2) is 31.4 Å². The predicted molar refractivity (Wildman–Crippen MR) is 70.2 cm³/mol. The van der Waals surface area contributed by atoms with Gasteiger partial charge in [0.1, 0.15) is 0 Å². The molecule has 0 radical (unpaired) electrons. The zero-order chi connectivity index (χ0) is 12.4. The van der Waals surface area contributed by atoms with Crippen molar-refractivity contribution < 1.29 is 4.79 Å². The van der Waals surface area contributed by atoms with Gasteiger partial charge in [-0.1, -0.05) is 19.1 Å². The summed E-state index contributed by atoms with van der Waals surface area (Å²) in [4.78, 5) is 15.6.